The van der Waals surface area contributed by atoms with Gasteiger partial charge in [0.05, 0.1) is 18.8 Å². The second kappa shape index (κ2) is 5.66. The van der Waals surface area contributed by atoms with Crippen molar-refractivity contribution < 1.29 is 4.74 Å². The first kappa shape index (κ1) is 13.7. The summed E-state index contributed by atoms with van der Waals surface area (Å²) in [7, 11) is 1.67. The molecule has 0 radical (unpaired) electrons. The van der Waals surface area contributed by atoms with Gasteiger partial charge in [0.1, 0.15) is 5.75 Å². The van der Waals surface area contributed by atoms with Gasteiger partial charge in [-0.05, 0) is 43.7 Å². The zero-order valence-electron chi connectivity index (χ0n) is 12.2. The zero-order valence-corrected chi connectivity index (χ0v) is 13.1. The number of hydrogen-bond acceptors (Lipinski definition) is 6. The fourth-order valence-electron chi connectivity index (χ4n) is 2.75. The number of hydrogen-bond donors (Lipinski definition) is 2. The molecule has 2 aliphatic heterocycles. The highest BCUT2D eigenvalue weighted by atomic mass is 32.2. The number of thioether (sulfide) groups is 1. The van der Waals surface area contributed by atoms with Gasteiger partial charge >= 0.3 is 0 Å². The maximum Gasteiger partial charge on any atom is 0.214 e. The Morgan fingerprint density at radius 2 is 2.14 bits per heavy atom. The van der Waals surface area contributed by atoms with Crippen molar-refractivity contribution in [2.75, 3.05) is 19.1 Å². The highest BCUT2D eigenvalue weighted by Gasteiger charge is 2.26. The molecule has 1 aromatic carbocycles. The van der Waals surface area contributed by atoms with Gasteiger partial charge in [-0.2, -0.15) is 0 Å². The first-order chi connectivity index (χ1) is 10.8. The minimum Gasteiger partial charge on any atom is -0.497 e. The molecule has 0 unspecified atom stereocenters. The van der Waals surface area contributed by atoms with Crippen molar-refractivity contribution in [3.63, 3.8) is 0 Å². The average Bonchev–Trinajstić information content (AvgIpc) is 3.23. The van der Waals surface area contributed by atoms with Gasteiger partial charge in [0.15, 0.2) is 5.82 Å². The van der Waals surface area contributed by atoms with E-state index >= 15 is 0 Å². The first-order valence-corrected chi connectivity index (χ1v) is 8.20. The van der Waals surface area contributed by atoms with Gasteiger partial charge in [0.25, 0.3) is 0 Å². The van der Waals surface area contributed by atoms with E-state index in [0.717, 1.165) is 41.0 Å². The van der Waals surface area contributed by atoms with E-state index in [9.17, 15) is 0 Å². The predicted molar refractivity (Wildman–Crippen MR) is 86.2 cm³/mol. The minimum atomic E-state index is 0.282. The largest absolute Gasteiger partial charge is 0.497 e. The highest BCUT2D eigenvalue weighted by molar-refractivity contribution is 8.02. The Labute approximate surface area is 132 Å². The summed E-state index contributed by atoms with van der Waals surface area (Å²) in [6, 6.07) is 8.29. The molecular formula is C15H17N5OS. The molecule has 114 valence electrons. The summed E-state index contributed by atoms with van der Waals surface area (Å²) in [4.78, 5) is 0. The lowest BCUT2D eigenvalue weighted by Crippen LogP contribution is -2.24. The third-order valence-electron chi connectivity index (χ3n) is 3.95. The molecule has 0 aliphatic carbocycles. The van der Waals surface area contributed by atoms with Crippen molar-refractivity contribution >= 4 is 17.5 Å². The van der Waals surface area contributed by atoms with Crippen LogP contribution in [0.3, 0.4) is 0 Å². The first-order valence-electron chi connectivity index (χ1n) is 7.32. The van der Waals surface area contributed by atoms with Crippen molar-refractivity contribution in [1.29, 1.82) is 0 Å². The topological polar surface area (TPSA) is 64.0 Å². The molecule has 4 rings (SSSR count). The summed E-state index contributed by atoms with van der Waals surface area (Å²) in [5.74, 6) is 1.81. The Bertz CT molecular complexity index is 703. The molecule has 6 nitrogen and oxygen atoms in total. The van der Waals surface area contributed by atoms with Crippen LogP contribution < -0.4 is 15.5 Å². The molecule has 1 fully saturated rings. The number of nitrogens with one attached hydrogen (secondary N) is 2. The van der Waals surface area contributed by atoms with Crippen LogP contribution in [-0.2, 0) is 0 Å². The number of rotatable bonds is 3. The van der Waals surface area contributed by atoms with E-state index in [1.54, 1.807) is 18.9 Å². The van der Waals surface area contributed by atoms with Crippen LogP contribution in [0.1, 0.15) is 30.3 Å². The van der Waals surface area contributed by atoms with E-state index in [0.29, 0.717) is 0 Å². The van der Waals surface area contributed by atoms with E-state index in [4.69, 9.17) is 4.74 Å². The van der Waals surface area contributed by atoms with Crippen LogP contribution in [0.4, 0.5) is 0 Å². The summed E-state index contributed by atoms with van der Waals surface area (Å²) in [5.41, 5.74) is 5.58. The third kappa shape index (κ3) is 2.36. The lowest BCUT2D eigenvalue weighted by atomic mass is 10.2. The predicted octanol–water partition coefficient (Wildman–Crippen LogP) is 2.36. The Morgan fingerprint density at radius 1 is 1.27 bits per heavy atom. The fraction of sp³-hybridized carbons (Fsp3) is 0.333. The van der Waals surface area contributed by atoms with Gasteiger partial charge in [-0.3, -0.25) is 5.43 Å². The smallest absolute Gasteiger partial charge is 0.214 e. The van der Waals surface area contributed by atoms with Crippen LogP contribution in [0.2, 0.25) is 0 Å². The molecule has 2 N–H and O–H groups in total. The number of benzene rings is 1. The van der Waals surface area contributed by atoms with E-state index in [1.807, 2.05) is 28.9 Å². The van der Waals surface area contributed by atoms with Crippen molar-refractivity contribution in [2.45, 2.75) is 24.0 Å². The molecule has 0 amide bonds. The molecule has 22 heavy (non-hydrogen) atoms. The molecule has 0 spiro atoms. The van der Waals surface area contributed by atoms with Crippen LogP contribution in [0.25, 0.3) is 5.70 Å². The maximum absolute atomic E-state index is 5.21. The lowest BCUT2D eigenvalue weighted by Gasteiger charge is -2.21. The van der Waals surface area contributed by atoms with Gasteiger partial charge in [0.2, 0.25) is 5.16 Å². The quantitative estimate of drug-likeness (QED) is 0.906. The standard InChI is InChI=1S/C15H17N5OS/c1-21-11-6-4-10(5-7-11)13-9-22-15-18-17-14(20(15)19-13)12-3-2-8-16-12/h4-7,9,12,16,19H,2-3,8H2,1H3/t12-/m1/s1. The third-order valence-corrected chi connectivity index (χ3v) is 4.77. The van der Waals surface area contributed by atoms with Crippen molar-refractivity contribution in [3.05, 3.63) is 41.1 Å². The number of nitrogens with zero attached hydrogens (tertiary/aromatic N) is 3. The summed E-state index contributed by atoms with van der Waals surface area (Å²) >= 11 is 1.59. The van der Waals surface area contributed by atoms with Gasteiger partial charge in [0, 0.05) is 11.0 Å². The van der Waals surface area contributed by atoms with E-state index in [2.05, 4.69) is 26.3 Å². The second-order valence-electron chi connectivity index (χ2n) is 5.31. The highest BCUT2D eigenvalue weighted by Crippen LogP contribution is 2.31. The maximum atomic E-state index is 5.21. The van der Waals surface area contributed by atoms with Gasteiger partial charge in [-0.15, -0.1) is 10.2 Å². The molecule has 1 aromatic heterocycles. The SMILES string of the molecule is COc1ccc(C2=CSc3nnc([C@H]4CCCN4)n3N2)cc1. The van der Waals surface area contributed by atoms with Crippen LogP contribution in [-0.4, -0.2) is 28.5 Å². The van der Waals surface area contributed by atoms with Crippen molar-refractivity contribution in [2.24, 2.45) is 0 Å². The van der Waals surface area contributed by atoms with Crippen molar-refractivity contribution in [3.8, 4) is 5.75 Å². The Morgan fingerprint density at radius 3 is 2.86 bits per heavy atom. The molecular weight excluding hydrogens is 298 g/mol. The summed E-state index contributed by atoms with van der Waals surface area (Å²) in [6.45, 7) is 1.04. The summed E-state index contributed by atoms with van der Waals surface area (Å²) < 4.78 is 7.20. The van der Waals surface area contributed by atoms with E-state index in [1.165, 1.54) is 6.42 Å². The molecule has 7 heteroatoms. The monoisotopic (exact) mass is 315 g/mol. The van der Waals surface area contributed by atoms with Crippen molar-refractivity contribution in [1.82, 2.24) is 20.2 Å². The minimum absolute atomic E-state index is 0.282. The van der Waals surface area contributed by atoms with Gasteiger partial charge < -0.3 is 10.1 Å². The molecule has 0 bridgehead atoms. The van der Waals surface area contributed by atoms with E-state index < -0.39 is 0 Å². The summed E-state index contributed by atoms with van der Waals surface area (Å²) in [5, 5.41) is 15.0. The fourth-order valence-corrected chi connectivity index (χ4v) is 3.50. The van der Waals surface area contributed by atoms with E-state index in [-0.39, 0.29) is 6.04 Å². The van der Waals surface area contributed by atoms with Crippen LogP contribution in [0.15, 0.2) is 34.8 Å². The van der Waals surface area contributed by atoms with Gasteiger partial charge in [-0.25, -0.2) is 4.68 Å². The molecule has 3 heterocycles. The molecule has 1 atom stereocenters. The number of ether oxygens (including phenoxy) is 1. The van der Waals surface area contributed by atoms with Crippen LogP contribution >= 0.6 is 11.8 Å². The normalized spacial score (nSPS) is 20.2. The number of fused-ring (bicyclic) bond motifs is 1. The van der Waals surface area contributed by atoms with Crippen LogP contribution in [0.5, 0.6) is 5.75 Å². The Kier molecular flexibility index (Phi) is 3.51. The Balaban J connectivity index is 1.61. The van der Waals surface area contributed by atoms with Gasteiger partial charge in [-0.1, -0.05) is 11.8 Å². The molecule has 0 saturated carbocycles. The average molecular weight is 315 g/mol. The van der Waals surface area contributed by atoms with Crippen LogP contribution in [0, 0.1) is 0 Å². The Hall–Kier alpha value is -1.99. The number of methoxy groups -OCH3 is 1. The molecule has 2 aliphatic rings. The lowest BCUT2D eigenvalue weighted by molar-refractivity contribution is 0.415. The second-order valence-corrected chi connectivity index (χ2v) is 6.15. The molecule has 1 saturated heterocycles. The zero-order chi connectivity index (χ0) is 14.9. The summed E-state index contributed by atoms with van der Waals surface area (Å²) in [6.07, 6.45) is 2.28. The number of aromatic nitrogens is 3. The molecule has 2 aromatic rings.